The Bertz CT molecular complexity index is 658. The number of aryl methyl sites for hydroxylation is 2. The fourth-order valence-corrected chi connectivity index (χ4v) is 1.52. The van der Waals surface area contributed by atoms with Crippen molar-refractivity contribution >= 4 is 5.97 Å². The number of hydrogen-bond donors (Lipinski definition) is 1. The van der Waals surface area contributed by atoms with Crippen LogP contribution in [0.25, 0.3) is 0 Å². The fraction of sp³-hybridized carbons (Fsp3) is 0.231. The van der Waals surface area contributed by atoms with E-state index in [9.17, 15) is 9.90 Å². The van der Waals surface area contributed by atoms with Crippen molar-refractivity contribution in [1.29, 1.82) is 0 Å². The van der Waals surface area contributed by atoms with Crippen LogP contribution in [-0.2, 0) is 0 Å². The van der Waals surface area contributed by atoms with E-state index in [1.807, 2.05) is 0 Å². The summed E-state index contributed by atoms with van der Waals surface area (Å²) in [6, 6.07) is 4.54. The Morgan fingerprint density at radius 3 is 2.55 bits per heavy atom. The standard InChI is InChI=1S/C13H13N3O4/c1-7-8(2)15-16-13(14-7)20-11-9(12(17)18)5-4-6-10(11)19-3/h4-6H,1-3H3,(H,17,18). The molecule has 0 aliphatic carbocycles. The molecule has 0 saturated heterocycles. The summed E-state index contributed by atoms with van der Waals surface area (Å²) in [7, 11) is 1.42. The van der Waals surface area contributed by atoms with Gasteiger partial charge in [0.25, 0.3) is 0 Å². The second-order valence-corrected chi connectivity index (χ2v) is 4.01. The molecule has 0 saturated carbocycles. The molecule has 0 bridgehead atoms. The number of methoxy groups -OCH3 is 1. The lowest BCUT2D eigenvalue weighted by atomic mass is 10.2. The van der Waals surface area contributed by atoms with Gasteiger partial charge in [-0.15, -0.1) is 5.10 Å². The maximum absolute atomic E-state index is 11.2. The molecule has 7 heteroatoms. The van der Waals surface area contributed by atoms with E-state index in [1.54, 1.807) is 26.0 Å². The van der Waals surface area contributed by atoms with Crippen molar-refractivity contribution in [3.8, 4) is 17.5 Å². The summed E-state index contributed by atoms with van der Waals surface area (Å²) in [6.45, 7) is 3.53. The summed E-state index contributed by atoms with van der Waals surface area (Å²) >= 11 is 0. The SMILES string of the molecule is COc1cccc(C(=O)O)c1Oc1nnc(C)c(C)n1. The van der Waals surface area contributed by atoms with Crippen LogP contribution in [0.1, 0.15) is 21.7 Å². The van der Waals surface area contributed by atoms with Crippen molar-refractivity contribution < 1.29 is 19.4 Å². The number of aromatic nitrogens is 3. The van der Waals surface area contributed by atoms with Crippen molar-refractivity contribution in [3.63, 3.8) is 0 Å². The van der Waals surface area contributed by atoms with Crippen LogP contribution in [0.3, 0.4) is 0 Å². The molecule has 20 heavy (non-hydrogen) atoms. The van der Waals surface area contributed by atoms with Crippen LogP contribution < -0.4 is 9.47 Å². The molecule has 0 amide bonds. The molecule has 2 aromatic rings. The molecule has 104 valence electrons. The van der Waals surface area contributed by atoms with Crippen molar-refractivity contribution in [1.82, 2.24) is 15.2 Å². The van der Waals surface area contributed by atoms with Crippen LogP contribution in [-0.4, -0.2) is 33.4 Å². The number of carboxylic acids is 1. The van der Waals surface area contributed by atoms with Gasteiger partial charge in [-0.2, -0.15) is 4.98 Å². The molecule has 1 heterocycles. The zero-order valence-electron chi connectivity index (χ0n) is 11.2. The molecule has 1 aromatic heterocycles. The molecular weight excluding hydrogens is 262 g/mol. The van der Waals surface area contributed by atoms with Crippen molar-refractivity contribution in [2.24, 2.45) is 0 Å². The molecular formula is C13H13N3O4. The highest BCUT2D eigenvalue weighted by atomic mass is 16.5. The third kappa shape index (κ3) is 2.66. The normalized spacial score (nSPS) is 10.2. The van der Waals surface area contributed by atoms with Crippen LogP contribution in [0.5, 0.6) is 17.5 Å². The third-order valence-corrected chi connectivity index (χ3v) is 2.70. The monoisotopic (exact) mass is 275 g/mol. The minimum Gasteiger partial charge on any atom is -0.493 e. The highest BCUT2D eigenvalue weighted by Gasteiger charge is 2.18. The number of nitrogens with zero attached hydrogens (tertiary/aromatic N) is 3. The van der Waals surface area contributed by atoms with E-state index in [0.29, 0.717) is 11.4 Å². The second-order valence-electron chi connectivity index (χ2n) is 4.01. The summed E-state index contributed by atoms with van der Waals surface area (Å²) < 4.78 is 10.5. The molecule has 0 radical (unpaired) electrons. The Labute approximate surface area is 115 Å². The van der Waals surface area contributed by atoms with Crippen LogP contribution in [0.2, 0.25) is 0 Å². The summed E-state index contributed by atoms with van der Waals surface area (Å²) in [4.78, 5) is 15.3. The lowest BCUT2D eigenvalue weighted by Crippen LogP contribution is -2.05. The number of rotatable bonds is 4. The summed E-state index contributed by atoms with van der Waals surface area (Å²) in [6.07, 6.45) is 0. The van der Waals surface area contributed by atoms with Crippen LogP contribution in [0.15, 0.2) is 18.2 Å². The van der Waals surface area contributed by atoms with Gasteiger partial charge < -0.3 is 14.6 Å². The van der Waals surface area contributed by atoms with E-state index in [4.69, 9.17) is 9.47 Å². The van der Waals surface area contributed by atoms with Gasteiger partial charge in [-0.1, -0.05) is 11.2 Å². The quantitative estimate of drug-likeness (QED) is 0.911. The van der Waals surface area contributed by atoms with E-state index in [-0.39, 0.29) is 23.1 Å². The number of aromatic carboxylic acids is 1. The number of carbonyl (C=O) groups is 1. The Kier molecular flexibility index (Phi) is 3.79. The fourth-order valence-electron chi connectivity index (χ4n) is 1.52. The maximum atomic E-state index is 11.2. The first-order chi connectivity index (χ1) is 9.52. The van der Waals surface area contributed by atoms with Crippen LogP contribution >= 0.6 is 0 Å². The van der Waals surface area contributed by atoms with E-state index < -0.39 is 5.97 Å². The van der Waals surface area contributed by atoms with Crippen LogP contribution in [0, 0.1) is 13.8 Å². The van der Waals surface area contributed by atoms with Crippen molar-refractivity contribution in [2.75, 3.05) is 7.11 Å². The van der Waals surface area contributed by atoms with Crippen molar-refractivity contribution in [3.05, 3.63) is 35.2 Å². The number of hydrogen-bond acceptors (Lipinski definition) is 6. The van der Waals surface area contributed by atoms with E-state index in [2.05, 4.69) is 15.2 Å². The Morgan fingerprint density at radius 1 is 1.20 bits per heavy atom. The molecule has 0 atom stereocenters. The second kappa shape index (κ2) is 5.52. The lowest BCUT2D eigenvalue weighted by Gasteiger charge is -2.11. The molecule has 2 rings (SSSR count). The lowest BCUT2D eigenvalue weighted by molar-refractivity contribution is 0.0693. The molecule has 7 nitrogen and oxygen atoms in total. The van der Waals surface area contributed by atoms with Crippen LogP contribution in [0.4, 0.5) is 0 Å². The summed E-state index contributed by atoms with van der Waals surface area (Å²) in [5, 5.41) is 16.8. The molecule has 0 aliphatic rings. The Hall–Kier alpha value is -2.70. The average molecular weight is 275 g/mol. The van der Waals surface area contributed by atoms with E-state index in [1.165, 1.54) is 13.2 Å². The number of carboxylic acid groups (broad SMARTS) is 1. The molecule has 1 aromatic carbocycles. The highest BCUT2D eigenvalue weighted by Crippen LogP contribution is 2.33. The van der Waals surface area contributed by atoms with Gasteiger partial charge in [0.15, 0.2) is 11.5 Å². The Balaban J connectivity index is 2.46. The number of benzene rings is 1. The van der Waals surface area contributed by atoms with Gasteiger partial charge in [-0.3, -0.25) is 0 Å². The van der Waals surface area contributed by atoms with Gasteiger partial charge in [-0.25, -0.2) is 4.79 Å². The minimum atomic E-state index is -1.13. The molecule has 0 aliphatic heterocycles. The minimum absolute atomic E-state index is 0.0277. The largest absolute Gasteiger partial charge is 0.493 e. The predicted molar refractivity (Wildman–Crippen MR) is 69.3 cm³/mol. The van der Waals surface area contributed by atoms with Gasteiger partial charge in [0.2, 0.25) is 0 Å². The number of para-hydroxylation sites is 1. The molecule has 0 spiro atoms. The van der Waals surface area contributed by atoms with Gasteiger partial charge in [0.05, 0.1) is 18.5 Å². The molecule has 1 N–H and O–H groups in total. The third-order valence-electron chi connectivity index (χ3n) is 2.70. The van der Waals surface area contributed by atoms with E-state index in [0.717, 1.165) is 0 Å². The Morgan fingerprint density at radius 2 is 1.95 bits per heavy atom. The van der Waals surface area contributed by atoms with Gasteiger partial charge in [-0.05, 0) is 26.0 Å². The first kappa shape index (κ1) is 13.7. The maximum Gasteiger partial charge on any atom is 0.341 e. The van der Waals surface area contributed by atoms with E-state index >= 15 is 0 Å². The summed E-state index contributed by atoms with van der Waals surface area (Å²) in [5.74, 6) is -0.796. The average Bonchev–Trinajstić information content (AvgIpc) is 2.43. The number of ether oxygens (including phenoxy) is 2. The zero-order chi connectivity index (χ0) is 14.7. The smallest absolute Gasteiger partial charge is 0.341 e. The first-order valence-corrected chi connectivity index (χ1v) is 5.79. The molecule has 0 fully saturated rings. The first-order valence-electron chi connectivity index (χ1n) is 5.79. The highest BCUT2D eigenvalue weighted by molar-refractivity contribution is 5.92. The summed E-state index contributed by atoms with van der Waals surface area (Å²) in [5.41, 5.74) is 1.30. The van der Waals surface area contributed by atoms with Gasteiger partial charge in [0, 0.05) is 0 Å². The van der Waals surface area contributed by atoms with Gasteiger partial charge in [0.1, 0.15) is 5.56 Å². The molecule has 0 unspecified atom stereocenters. The predicted octanol–water partition coefficient (Wildman–Crippen LogP) is 1.99. The zero-order valence-corrected chi connectivity index (χ0v) is 11.2. The van der Waals surface area contributed by atoms with Crippen molar-refractivity contribution in [2.45, 2.75) is 13.8 Å². The van der Waals surface area contributed by atoms with Gasteiger partial charge >= 0.3 is 12.0 Å². The topological polar surface area (TPSA) is 94.4 Å².